The van der Waals surface area contributed by atoms with Gasteiger partial charge in [-0.1, -0.05) is 23.7 Å². The molecular formula is C19H23ClN2OS. The van der Waals surface area contributed by atoms with Gasteiger partial charge >= 0.3 is 0 Å². The van der Waals surface area contributed by atoms with E-state index < -0.39 is 0 Å². The van der Waals surface area contributed by atoms with Crippen LogP contribution in [0.5, 0.6) is 0 Å². The second-order valence-corrected chi connectivity index (χ2v) is 8.15. The Morgan fingerprint density at radius 3 is 2.50 bits per heavy atom. The van der Waals surface area contributed by atoms with Gasteiger partial charge < -0.3 is 4.90 Å². The largest absolute Gasteiger partial charge is 0.368 e. The molecule has 1 aliphatic rings. The molecule has 0 N–H and O–H groups in total. The number of carbonyl (C=O) groups excluding carboxylic acids is 1. The number of Topliss-reactive ketones (excluding diaryl/α,β-unsaturated/α-hetero) is 1. The third kappa shape index (κ3) is 4.00. The number of aryl methyl sites for hydroxylation is 2. The number of halogens is 1. The van der Waals surface area contributed by atoms with Crippen molar-refractivity contribution in [1.29, 1.82) is 0 Å². The maximum absolute atomic E-state index is 12.4. The van der Waals surface area contributed by atoms with E-state index in [1.165, 1.54) is 4.88 Å². The molecule has 0 aliphatic carbocycles. The minimum absolute atomic E-state index is 0.269. The number of anilines is 1. The standard InChI is InChI=1S/C19H23ClN2OS/c1-14-13-16(15(2)24-14)19(23)7-8-21-9-11-22(12-10-21)18-6-4-3-5-17(18)20/h3-6,13H,7-12H2,1-2H3. The van der Waals surface area contributed by atoms with Gasteiger partial charge in [0.05, 0.1) is 10.7 Å². The maximum Gasteiger partial charge on any atom is 0.165 e. The van der Waals surface area contributed by atoms with E-state index in [1.54, 1.807) is 11.3 Å². The zero-order chi connectivity index (χ0) is 17.1. The third-order valence-electron chi connectivity index (χ3n) is 4.56. The van der Waals surface area contributed by atoms with Crippen molar-refractivity contribution in [2.24, 2.45) is 0 Å². The Labute approximate surface area is 152 Å². The van der Waals surface area contributed by atoms with E-state index in [0.717, 1.165) is 53.9 Å². The molecule has 0 amide bonds. The minimum atomic E-state index is 0.269. The first-order valence-corrected chi connectivity index (χ1v) is 9.56. The second-order valence-electron chi connectivity index (χ2n) is 6.28. The average Bonchev–Trinajstić information content (AvgIpc) is 2.92. The van der Waals surface area contributed by atoms with Crippen LogP contribution >= 0.6 is 22.9 Å². The smallest absolute Gasteiger partial charge is 0.165 e. The molecule has 0 saturated carbocycles. The topological polar surface area (TPSA) is 23.6 Å². The Morgan fingerprint density at radius 1 is 1.17 bits per heavy atom. The number of para-hydroxylation sites is 1. The lowest BCUT2D eigenvalue weighted by Gasteiger charge is -2.36. The second kappa shape index (κ2) is 7.68. The molecule has 1 aliphatic heterocycles. The van der Waals surface area contributed by atoms with Crippen molar-refractivity contribution >= 4 is 34.4 Å². The third-order valence-corrected chi connectivity index (χ3v) is 5.85. The highest BCUT2D eigenvalue weighted by atomic mass is 35.5. The van der Waals surface area contributed by atoms with E-state index >= 15 is 0 Å². The molecule has 1 fully saturated rings. The van der Waals surface area contributed by atoms with Crippen LogP contribution in [-0.4, -0.2) is 43.4 Å². The van der Waals surface area contributed by atoms with Crippen LogP contribution in [0.25, 0.3) is 0 Å². The molecular weight excluding hydrogens is 340 g/mol. The summed E-state index contributed by atoms with van der Waals surface area (Å²) in [6, 6.07) is 10.0. The van der Waals surface area contributed by atoms with Crippen molar-refractivity contribution in [2.75, 3.05) is 37.6 Å². The summed E-state index contributed by atoms with van der Waals surface area (Å²) in [5.74, 6) is 0.269. The lowest BCUT2D eigenvalue weighted by atomic mass is 10.1. The number of ketones is 1. The quantitative estimate of drug-likeness (QED) is 0.736. The molecule has 2 aromatic rings. The summed E-state index contributed by atoms with van der Waals surface area (Å²) in [4.78, 5) is 19.5. The molecule has 24 heavy (non-hydrogen) atoms. The Morgan fingerprint density at radius 2 is 1.88 bits per heavy atom. The highest BCUT2D eigenvalue weighted by Crippen LogP contribution is 2.26. The van der Waals surface area contributed by atoms with Crippen LogP contribution in [0.4, 0.5) is 5.69 Å². The number of hydrogen-bond acceptors (Lipinski definition) is 4. The SMILES string of the molecule is Cc1cc(C(=O)CCN2CCN(c3ccccc3Cl)CC2)c(C)s1. The summed E-state index contributed by atoms with van der Waals surface area (Å²) in [5, 5.41) is 0.810. The predicted octanol–water partition coefficient (Wildman–Crippen LogP) is 4.41. The van der Waals surface area contributed by atoms with Crippen LogP contribution in [0, 0.1) is 13.8 Å². The monoisotopic (exact) mass is 362 g/mol. The van der Waals surface area contributed by atoms with Crippen LogP contribution in [0.1, 0.15) is 26.5 Å². The zero-order valence-corrected chi connectivity index (χ0v) is 15.8. The molecule has 2 heterocycles. The van der Waals surface area contributed by atoms with Gasteiger partial charge in [-0.25, -0.2) is 0 Å². The molecule has 3 nitrogen and oxygen atoms in total. The number of rotatable bonds is 5. The summed E-state index contributed by atoms with van der Waals surface area (Å²) in [6.07, 6.45) is 0.600. The van der Waals surface area contributed by atoms with Gasteiger partial charge in [0, 0.05) is 54.5 Å². The number of nitrogens with zero attached hydrogens (tertiary/aromatic N) is 2. The number of hydrogen-bond donors (Lipinski definition) is 0. The van der Waals surface area contributed by atoms with Gasteiger partial charge in [0.1, 0.15) is 0 Å². The lowest BCUT2D eigenvalue weighted by molar-refractivity contribution is 0.0962. The van der Waals surface area contributed by atoms with Crippen molar-refractivity contribution in [3.63, 3.8) is 0 Å². The molecule has 0 atom stereocenters. The Kier molecular flexibility index (Phi) is 5.59. The van der Waals surface area contributed by atoms with E-state index in [-0.39, 0.29) is 5.78 Å². The Bertz CT molecular complexity index is 720. The van der Waals surface area contributed by atoms with Gasteiger partial charge in [-0.05, 0) is 32.0 Å². The van der Waals surface area contributed by atoms with Crippen molar-refractivity contribution in [1.82, 2.24) is 4.90 Å². The van der Waals surface area contributed by atoms with E-state index in [2.05, 4.69) is 22.8 Å². The van der Waals surface area contributed by atoms with Crippen molar-refractivity contribution < 1.29 is 4.79 Å². The highest BCUT2D eigenvalue weighted by molar-refractivity contribution is 7.12. The van der Waals surface area contributed by atoms with Gasteiger partial charge in [-0.3, -0.25) is 9.69 Å². The Hall–Kier alpha value is -1.36. The van der Waals surface area contributed by atoms with E-state index in [4.69, 9.17) is 11.6 Å². The number of thiophene rings is 1. The molecule has 3 rings (SSSR count). The number of carbonyl (C=O) groups is 1. The average molecular weight is 363 g/mol. The maximum atomic E-state index is 12.4. The fourth-order valence-corrected chi connectivity index (χ4v) is 4.42. The fraction of sp³-hybridized carbons (Fsp3) is 0.421. The first-order valence-electron chi connectivity index (χ1n) is 8.36. The highest BCUT2D eigenvalue weighted by Gasteiger charge is 2.20. The fourth-order valence-electron chi connectivity index (χ4n) is 3.22. The molecule has 1 aromatic carbocycles. The van der Waals surface area contributed by atoms with Crippen molar-refractivity contribution in [2.45, 2.75) is 20.3 Å². The van der Waals surface area contributed by atoms with Gasteiger partial charge in [-0.2, -0.15) is 0 Å². The molecule has 128 valence electrons. The molecule has 0 bridgehead atoms. The number of benzene rings is 1. The van der Waals surface area contributed by atoms with Crippen molar-refractivity contribution in [3.8, 4) is 0 Å². The molecule has 0 spiro atoms. The molecule has 0 unspecified atom stereocenters. The van der Waals surface area contributed by atoms with Gasteiger partial charge in [-0.15, -0.1) is 11.3 Å². The van der Waals surface area contributed by atoms with Crippen LogP contribution in [0.2, 0.25) is 5.02 Å². The first kappa shape index (κ1) is 17.5. The first-order chi connectivity index (χ1) is 11.5. The summed E-state index contributed by atoms with van der Waals surface area (Å²) in [5.41, 5.74) is 2.02. The molecule has 0 radical (unpaired) electrons. The summed E-state index contributed by atoms with van der Waals surface area (Å²) in [7, 11) is 0. The normalized spacial score (nSPS) is 15.7. The van der Waals surface area contributed by atoms with Gasteiger partial charge in [0.25, 0.3) is 0 Å². The number of piperazine rings is 1. The lowest BCUT2D eigenvalue weighted by Crippen LogP contribution is -2.47. The molecule has 5 heteroatoms. The van der Waals surface area contributed by atoms with Gasteiger partial charge in [0.2, 0.25) is 0 Å². The van der Waals surface area contributed by atoms with Crippen LogP contribution in [0.3, 0.4) is 0 Å². The van der Waals surface area contributed by atoms with Crippen LogP contribution < -0.4 is 4.90 Å². The molecule has 1 aromatic heterocycles. The minimum Gasteiger partial charge on any atom is -0.368 e. The summed E-state index contributed by atoms with van der Waals surface area (Å²) < 4.78 is 0. The predicted molar refractivity (Wildman–Crippen MR) is 103 cm³/mol. The zero-order valence-electron chi connectivity index (χ0n) is 14.2. The summed E-state index contributed by atoms with van der Waals surface area (Å²) in [6.45, 7) is 8.78. The summed E-state index contributed by atoms with van der Waals surface area (Å²) >= 11 is 7.99. The van der Waals surface area contributed by atoms with E-state index in [0.29, 0.717) is 6.42 Å². The molecule has 1 saturated heterocycles. The van der Waals surface area contributed by atoms with Gasteiger partial charge in [0.15, 0.2) is 5.78 Å². The Balaban J connectivity index is 1.50. The van der Waals surface area contributed by atoms with Crippen LogP contribution in [-0.2, 0) is 0 Å². The van der Waals surface area contributed by atoms with Crippen LogP contribution in [0.15, 0.2) is 30.3 Å². The van der Waals surface area contributed by atoms with Crippen molar-refractivity contribution in [3.05, 3.63) is 50.7 Å². The van der Waals surface area contributed by atoms with E-state index in [1.807, 2.05) is 31.2 Å². The van der Waals surface area contributed by atoms with E-state index in [9.17, 15) is 4.79 Å².